The molecule has 0 aromatic rings. The maximum Gasteiger partial charge on any atom is 0.133 e. The van der Waals surface area contributed by atoms with Crippen LogP contribution in [0.3, 0.4) is 0 Å². The Kier molecular flexibility index (Phi) is 4.42. The SMILES string of the molecule is CCOC1CC[C@@]2(C)C(=CC[C@H]3[C@@H]4CC[C@H](C(C)=O)[C@@]4(C)CC[C@@H]32)C1. The minimum absolute atomic E-state index is 0.275. The Morgan fingerprint density at radius 3 is 2.68 bits per heavy atom. The molecular weight excluding hydrogens is 308 g/mol. The Bertz CT molecular complexity index is 579. The molecule has 3 saturated carbocycles. The van der Waals surface area contributed by atoms with Crippen LogP contribution in [-0.2, 0) is 9.53 Å². The highest BCUT2D eigenvalue weighted by Gasteiger charge is 2.59. The fourth-order valence-corrected chi connectivity index (χ4v) is 7.67. The molecule has 4 rings (SSSR count). The maximum atomic E-state index is 12.2. The third-order valence-corrected chi connectivity index (χ3v) is 8.95. The summed E-state index contributed by atoms with van der Waals surface area (Å²) in [4.78, 5) is 12.2. The van der Waals surface area contributed by atoms with Crippen LogP contribution in [0.4, 0.5) is 0 Å². The molecule has 0 aliphatic heterocycles. The van der Waals surface area contributed by atoms with Crippen molar-refractivity contribution in [3.05, 3.63) is 11.6 Å². The van der Waals surface area contributed by atoms with Crippen molar-refractivity contribution in [2.45, 2.75) is 85.2 Å². The fourth-order valence-electron chi connectivity index (χ4n) is 7.67. The molecule has 4 aliphatic carbocycles. The highest BCUT2D eigenvalue weighted by atomic mass is 16.5. The van der Waals surface area contributed by atoms with E-state index in [0.717, 1.165) is 37.2 Å². The molecule has 0 saturated heterocycles. The lowest BCUT2D eigenvalue weighted by Gasteiger charge is -2.58. The first-order chi connectivity index (χ1) is 11.9. The number of carbonyl (C=O) groups excluding carboxylic acids is 1. The minimum atomic E-state index is 0.275. The van der Waals surface area contributed by atoms with E-state index in [-0.39, 0.29) is 5.41 Å². The smallest absolute Gasteiger partial charge is 0.133 e. The molecule has 2 nitrogen and oxygen atoms in total. The molecule has 0 aromatic heterocycles. The van der Waals surface area contributed by atoms with Crippen molar-refractivity contribution in [1.82, 2.24) is 0 Å². The fraction of sp³-hybridized carbons (Fsp3) is 0.870. The number of hydrogen-bond acceptors (Lipinski definition) is 2. The Morgan fingerprint density at radius 1 is 1.16 bits per heavy atom. The number of Topliss-reactive ketones (excluding diaryl/α,β-unsaturated/α-hetero) is 1. The van der Waals surface area contributed by atoms with E-state index in [9.17, 15) is 4.79 Å². The quantitative estimate of drug-likeness (QED) is 0.627. The number of ether oxygens (including phenoxy) is 1. The average Bonchev–Trinajstić information content (AvgIpc) is 2.93. The summed E-state index contributed by atoms with van der Waals surface area (Å²) in [6.07, 6.45) is 13.0. The van der Waals surface area contributed by atoms with E-state index >= 15 is 0 Å². The van der Waals surface area contributed by atoms with Crippen LogP contribution in [0.2, 0.25) is 0 Å². The van der Waals surface area contributed by atoms with Crippen molar-refractivity contribution < 1.29 is 9.53 Å². The summed E-state index contributed by atoms with van der Waals surface area (Å²) in [5.74, 6) is 3.17. The topological polar surface area (TPSA) is 26.3 Å². The first-order valence-corrected chi connectivity index (χ1v) is 10.7. The van der Waals surface area contributed by atoms with Gasteiger partial charge in [-0.3, -0.25) is 4.79 Å². The first kappa shape index (κ1) is 17.8. The predicted octanol–water partition coefficient (Wildman–Crippen LogP) is 5.56. The lowest BCUT2D eigenvalue weighted by atomic mass is 9.47. The Morgan fingerprint density at radius 2 is 1.96 bits per heavy atom. The molecule has 25 heavy (non-hydrogen) atoms. The molecule has 0 amide bonds. The van der Waals surface area contributed by atoms with Crippen molar-refractivity contribution in [3.63, 3.8) is 0 Å². The van der Waals surface area contributed by atoms with E-state index in [4.69, 9.17) is 4.74 Å². The molecule has 7 atom stereocenters. The first-order valence-electron chi connectivity index (χ1n) is 10.7. The van der Waals surface area contributed by atoms with Gasteiger partial charge < -0.3 is 4.74 Å². The third kappa shape index (κ3) is 2.58. The van der Waals surface area contributed by atoms with E-state index in [1.807, 2.05) is 6.92 Å². The molecule has 4 aliphatic rings. The molecule has 140 valence electrons. The van der Waals surface area contributed by atoms with Crippen molar-refractivity contribution in [2.24, 2.45) is 34.5 Å². The van der Waals surface area contributed by atoms with Crippen molar-refractivity contribution in [1.29, 1.82) is 0 Å². The monoisotopic (exact) mass is 344 g/mol. The van der Waals surface area contributed by atoms with Crippen molar-refractivity contribution in [3.8, 4) is 0 Å². The van der Waals surface area contributed by atoms with Crippen LogP contribution in [-0.4, -0.2) is 18.5 Å². The summed E-state index contributed by atoms with van der Waals surface area (Å²) in [6.45, 7) is 9.79. The molecule has 2 heteroatoms. The number of fused-ring (bicyclic) bond motifs is 5. The van der Waals surface area contributed by atoms with E-state index in [0.29, 0.717) is 23.2 Å². The number of allylic oxidation sites excluding steroid dienone is 1. The van der Waals surface area contributed by atoms with Crippen LogP contribution >= 0.6 is 0 Å². The van der Waals surface area contributed by atoms with Crippen LogP contribution in [0.1, 0.15) is 79.1 Å². The molecule has 0 spiro atoms. The maximum absolute atomic E-state index is 12.2. The van der Waals surface area contributed by atoms with E-state index in [1.165, 1.54) is 38.5 Å². The van der Waals surface area contributed by atoms with E-state index in [1.54, 1.807) is 5.57 Å². The minimum Gasteiger partial charge on any atom is -0.378 e. The van der Waals surface area contributed by atoms with Gasteiger partial charge in [0.25, 0.3) is 0 Å². The van der Waals surface area contributed by atoms with Crippen molar-refractivity contribution >= 4 is 5.78 Å². The molecule has 0 aromatic carbocycles. The summed E-state index contributed by atoms with van der Waals surface area (Å²) < 4.78 is 5.96. The zero-order valence-electron chi connectivity index (χ0n) is 16.6. The van der Waals surface area contributed by atoms with Gasteiger partial charge in [-0.05, 0) is 93.8 Å². The lowest BCUT2D eigenvalue weighted by Crippen LogP contribution is -2.51. The van der Waals surface area contributed by atoms with Crippen molar-refractivity contribution in [2.75, 3.05) is 6.61 Å². The summed E-state index contributed by atoms with van der Waals surface area (Å²) in [7, 11) is 0. The summed E-state index contributed by atoms with van der Waals surface area (Å²) in [6, 6.07) is 0. The number of hydrogen-bond donors (Lipinski definition) is 0. The van der Waals surface area contributed by atoms with Crippen LogP contribution < -0.4 is 0 Å². The van der Waals surface area contributed by atoms with E-state index < -0.39 is 0 Å². The average molecular weight is 345 g/mol. The molecule has 0 bridgehead atoms. The van der Waals surface area contributed by atoms with Gasteiger partial charge in [-0.25, -0.2) is 0 Å². The van der Waals surface area contributed by atoms with Crippen LogP contribution in [0.5, 0.6) is 0 Å². The number of carbonyl (C=O) groups is 1. The second kappa shape index (κ2) is 6.22. The highest BCUT2D eigenvalue weighted by molar-refractivity contribution is 5.79. The third-order valence-electron chi connectivity index (χ3n) is 8.95. The van der Waals surface area contributed by atoms with Crippen LogP contribution in [0, 0.1) is 34.5 Å². The molecule has 0 N–H and O–H groups in total. The number of rotatable bonds is 3. The Labute approximate surface area is 153 Å². The molecule has 1 unspecified atom stereocenters. The Hall–Kier alpha value is -0.630. The zero-order valence-corrected chi connectivity index (χ0v) is 16.6. The summed E-state index contributed by atoms with van der Waals surface area (Å²) in [5, 5.41) is 0. The van der Waals surface area contributed by atoms with Gasteiger partial charge in [-0.1, -0.05) is 25.5 Å². The van der Waals surface area contributed by atoms with Gasteiger partial charge in [0.05, 0.1) is 6.10 Å². The molecular formula is C23H36O2. The normalized spacial score (nSPS) is 49.0. The van der Waals surface area contributed by atoms with Gasteiger partial charge in [0.2, 0.25) is 0 Å². The highest BCUT2D eigenvalue weighted by Crippen LogP contribution is 2.66. The van der Waals surface area contributed by atoms with Gasteiger partial charge in [0.1, 0.15) is 5.78 Å². The lowest BCUT2D eigenvalue weighted by molar-refractivity contribution is -0.127. The van der Waals surface area contributed by atoms with Gasteiger partial charge in [-0.2, -0.15) is 0 Å². The number of ketones is 1. The molecule has 3 fully saturated rings. The zero-order chi connectivity index (χ0) is 17.8. The predicted molar refractivity (Wildman–Crippen MR) is 101 cm³/mol. The van der Waals surface area contributed by atoms with Gasteiger partial charge in [0.15, 0.2) is 0 Å². The van der Waals surface area contributed by atoms with E-state index in [2.05, 4.69) is 26.8 Å². The standard InChI is InChI=1S/C23H36O2/c1-5-25-17-10-12-22(3)16(14-17)6-7-18-20-9-8-19(15(2)24)23(20,4)13-11-21(18)22/h6,17-21H,5,7-14H2,1-4H3/t17?,18-,19+,20-,21-,22-,23+/m0/s1. The second-order valence-corrected chi connectivity index (χ2v) is 9.86. The molecule has 0 radical (unpaired) electrons. The largest absolute Gasteiger partial charge is 0.378 e. The summed E-state index contributed by atoms with van der Waals surface area (Å²) in [5.41, 5.74) is 2.37. The Balaban J connectivity index is 1.60. The van der Waals surface area contributed by atoms with Crippen LogP contribution in [0.15, 0.2) is 11.6 Å². The van der Waals surface area contributed by atoms with Gasteiger partial charge in [0, 0.05) is 12.5 Å². The second-order valence-electron chi connectivity index (χ2n) is 9.86. The molecule has 0 heterocycles. The van der Waals surface area contributed by atoms with Gasteiger partial charge in [-0.15, -0.1) is 0 Å². The van der Waals surface area contributed by atoms with Crippen LogP contribution in [0.25, 0.3) is 0 Å². The summed E-state index contributed by atoms with van der Waals surface area (Å²) >= 11 is 0. The van der Waals surface area contributed by atoms with Gasteiger partial charge >= 0.3 is 0 Å².